The van der Waals surface area contributed by atoms with Crippen molar-refractivity contribution in [2.24, 2.45) is 0 Å². The topological polar surface area (TPSA) is 61.7 Å². The molecule has 0 saturated heterocycles. The maximum atomic E-state index is 6.03. The van der Waals surface area contributed by atoms with E-state index in [2.05, 4.69) is 17.1 Å². The van der Waals surface area contributed by atoms with Crippen LogP contribution >= 0.6 is 0 Å². The van der Waals surface area contributed by atoms with Crippen LogP contribution in [0.4, 0.5) is 5.82 Å². The fourth-order valence-electron chi connectivity index (χ4n) is 2.18. The Hall–Kier alpha value is -2.56. The number of rotatable bonds is 3. The number of nitrogens with two attached hydrogens (primary N) is 1. The van der Waals surface area contributed by atoms with Crippen LogP contribution in [0.25, 0.3) is 5.69 Å². The molecule has 0 amide bonds. The summed E-state index contributed by atoms with van der Waals surface area (Å²) >= 11 is 0. The van der Waals surface area contributed by atoms with Crippen molar-refractivity contribution >= 4 is 5.82 Å². The highest BCUT2D eigenvalue weighted by atomic mass is 15.3. The molecule has 102 valence electrons. The molecule has 20 heavy (non-hydrogen) atoms. The number of aromatic nitrogens is 4. The Kier molecular flexibility index (Phi) is 3.02. The average Bonchev–Trinajstić information content (AvgIpc) is 3.08. The van der Waals surface area contributed by atoms with E-state index < -0.39 is 0 Å². The van der Waals surface area contributed by atoms with Crippen molar-refractivity contribution in [2.45, 2.75) is 19.9 Å². The Morgan fingerprint density at radius 2 is 1.85 bits per heavy atom. The van der Waals surface area contributed by atoms with Crippen molar-refractivity contribution in [1.82, 2.24) is 19.6 Å². The first-order valence-corrected chi connectivity index (χ1v) is 6.56. The van der Waals surface area contributed by atoms with E-state index in [0.717, 1.165) is 16.8 Å². The molecule has 2 N–H and O–H groups in total. The molecule has 5 nitrogen and oxygen atoms in total. The molecule has 2 aromatic heterocycles. The molecule has 1 aromatic carbocycles. The normalized spacial score (nSPS) is 12.5. The van der Waals surface area contributed by atoms with Gasteiger partial charge in [-0.25, -0.2) is 9.36 Å². The van der Waals surface area contributed by atoms with Crippen molar-refractivity contribution < 1.29 is 0 Å². The summed E-state index contributed by atoms with van der Waals surface area (Å²) in [6.07, 6.45) is 5.65. The third-order valence-electron chi connectivity index (χ3n) is 3.50. The molecule has 2 heterocycles. The number of para-hydroxylation sites is 1. The lowest BCUT2D eigenvalue weighted by Crippen LogP contribution is -2.11. The van der Waals surface area contributed by atoms with E-state index in [-0.39, 0.29) is 6.04 Å². The van der Waals surface area contributed by atoms with Gasteiger partial charge in [0.2, 0.25) is 0 Å². The van der Waals surface area contributed by atoms with E-state index in [4.69, 9.17) is 5.73 Å². The highest BCUT2D eigenvalue weighted by Gasteiger charge is 2.15. The summed E-state index contributed by atoms with van der Waals surface area (Å²) in [5.74, 6) is 0.699. The van der Waals surface area contributed by atoms with Crippen molar-refractivity contribution in [3.8, 4) is 5.69 Å². The second-order valence-electron chi connectivity index (χ2n) is 4.89. The Labute approximate surface area is 117 Å². The molecule has 0 spiro atoms. The lowest BCUT2D eigenvalue weighted by molar-refractivity contribution is 0.573. The summed E-state index contributed by atoms with van der Waals surface area (Å²) < 4.78 is 3.68. The van der Waals surface area contributed by atoms with Crippen LogP contribution in [0, 0.1) is 6.92 Å². The molecule has 1 atom stereocenters. The van der Waals surface area contributed by atoms with E-state index in [1.807, 2.05) is 59.0 Å². The van der Waals surface area contributed by atoms with Crippen LogP contribution in [0.3, 0.4) is 0 Å². The minimum atomic E-state index is 0.0566. The third kappa shape index (κ3) is 2.07. The SMILES string of the molecule is Cc1cnn(C(C)c2cnn(-c3ccccc3)c2)c1N. The molecule has 3 rings (SSSR count). The standard InChI is InChI=1S/C15H17N5/c1-11-8-18-20(15(11)16)12(2)13-9-17-19(10-13)14-6-4-3-5-7-14/h3-10,12H,16H2,1-2H3. The van der Waals surface area contributed by atoms with Crippen molar-refractivity contribution in [1.29, 1.82) is 0 Å². The van der Waals surface area contributed by atoms with Gasteiger partial charge < -0.3 is 5.73 Å². The summed E-state index contributed by atoms with van der Waals surface area (Å²) in [4.78, 5) is 0. The molecule has 0 aliphatic heterocycles. The number of hydrogen-bond donors (Lipinski definition) is 1. The Bertz CT molecular complexity index is 711. The molecule has 5 heteroatoms. The zero-order valence-electron chi connectivity index (χ0n) is 11.6. The van der Waals surface area contributed by atoms with Gasteiger partial charge in [-0.15, -0.1) is 0 Å². The van der Waals surface area contributed by atoms with Crippen LogP contribution in [-0.4, -0.2) is 19.6 Å². The van der Waals surface area contributed by atoms with Crippen LogP contribution in [-0.2, 0) is 0 Å². The Morgan fingerprint density at radius 1 is 1.10 bits per heavy atom. The first kappa shape index (κ1) is 12.5. The third-order valence-corrected chi connectivity index (χ3v) is 3.50. The summed E-state index contributed by atoms with van der Waals surface area (Å²) in [6.45, 7) is 4.02. The zero-order valence-corrected chi connectivity index (χ0v) is 11.6. The van der Waals surface area contributed by atoms with Gasteiger partial charge in [0.15, 0.2) is 0 Å². The van der Waals surface area contributed by atoms with E-state index in [1.165, 1.54) is 0 Å². The summed E-state index contributed by atoms with van der Waals surface area (Å²) in [7, 11) is 0. The second-order valence-corrected chi connectivity index (χ2v) is 4.89. The predicted molar refractivity (Wildman–Crippen MR) is 78.8 cm³/mol. The quantitative estimate of drug-likeness (QED) is 0.793. The molecule has 0 radical (unpaired) electrons. The first-order valence-electron chi connectivity index (χ1n) is 6.56. The van der Waals surface area contributed by atoms with Crippen LogP contribution in [0.1, 0.15) is 24.1 Å². The molecule has 0 aliphatic carbocycles. The van der Waals surface area contributed by atoms with Crippen LogP contribution in [0.2, 0.25) is 0 Å². The number of nitrogens with zero attached hydrogens (tertiary/aromatic N) is 4. The summed E-state index contributed by atoms with van der Waals surface area (Å²) in [5.41, 5.74) is 9.14. The molecule has 0 fully saturated rings. The molecular formula is C15H17N5. The second kappa shape index (κ2) is 4.85. The van der Waals surface area contributed by atoms with Gasteiger partial charge in [-0.1, -0.05) is 18.2 Å². The van der Waals surface area contributed by atoms with Gasteiger partial charge in [-0.05, 0) is 26.0 Å². The van der Waals surface area contributed by atoms with Gasteiger partial charge in [0, 0.05) is 17.3 Å². The van der Waals surface area contributed by atoms with Crippen molar-refractivity contribution in [2.75, 3.05) is 5.73 Å². The monoisotopic (exact) mass is 267 g/mol. The van der Waals surface area contributed by atoms with Gasteiger partial charge >= 0.3 is 0 Å². The van der Waals surface area contributed by atoms with E-state index in [1.54, 1.807) is 6.20 Å². The number of benzene rings is 1. The highest BCUT2D eigenvalue weighted by Crippen LogP contribution is 2.22. The van der Waals surface area contributed by atoms with Gasteiger partial charge in [-0.2, -0.15) is 10.2 Å². The first-order chi connectivity index (χ1) is 9.66. The Morgan fingerprint density at radius 3 is 2.50 bits per heavy atom. The Balaban J connectivity index is 1.92. The van der Waals surface area contributed by atoms with Gasteiger partial charge in [0.25, 0.3) is 0 Å². The van der Waals surface area contributed by atoms with Crippen LogP contribution in [0.5, 0.6) is 0 Å². The van der Waals surface area contributed by atoms with Crippen LogP contribution < -0.4 is 5.73 Å². The highest BCUT2D eigenvalue weighted by molar-refractivity contribution is 5.39. The number of aryl methyl sites for hydroxylation is 1. The fraction of sp³-hybridized carbons (Fsp3) is 0.200. The average molecular weight is 267 g/mol. The molecule has 0 bridgehead atoms. The minimum Gasteiger partial charge on any atom is -0.384 e. The summed E-state index contributed by atoms with van der Waals surface area (Å²) in [5, 5.41) is 8.73. The molecule has 3 aromatic rings. The number of anilines is 1. The van der Waals surface area contributed by atoms with Crippen molar-refractivity contribution in [3.63, 3.8) is 0 Å². The maximum Gasteiger partial charge on any atom is 0.125 e. The smallest absolute Gasteiger partial charge is 0.125 e. The lowest BCUT2D eigenvalue weighted by atomic mass is 10.2. The van der Waals surface area contributed by atoms with Crippen LogP contribution in [0.15, 0.2) is 48.9 Å². The largest absolute Gasteiger partial charge is 0.384 e. The summed E-state index contributed by atoms with van der Waals surface area (Å²) in [6, 6.07) is 10.1. The number of hydrogen-bond acceptors (Lipinski definition) is 3. The minimum absolute atomic E-state index is 0.0566. The molecule has 0 saturated carbocycles. The fourth-order valence-corrected chi connectivity index (χ4v) is 2.18. The van der Waals surface area contributed by atoms with E-state index in [9.17, 15) is 0 Å². The van der Waals surface area contributed by atoms with Gasteiger partial charge in [0.05, 0.1) is 24.1 Å². The molecule has 1 unspecified atom stereocenters. The lowest BCUT2D eigenvalue weighted by Gasteiger charge is -2.12. The zero-order chi connectivity index (χ0) is 14.1. The van der Waals surface area contributed by atoms with E-state index in [0.29, 0.717) is 5.82 Å². The molecule has 0 aliphatic rings. The van der Waals surface area contributed by atoms with Gasteiger partial charge in [-0.3, -0.25) is 0 Å². The predicted octanol–water partition coefficient (Wildman–Crippen LogP) is 2.57. The maximum absolute atomic E-state index is 6.03. The van der Waals surface area contributed by atoms with Gasteiger partial charge in [0.1, 0.15) is 5.82 Å². The molecular weight excluding hydrogens is 250 g/mol. The van der Waals surface area contributed by atoms with Crippen molar-refractivity contribution in [3.05, 3.63) is 60.0 Å². The van der Waals surface area contributed by atoms with E-state index >= 15 is 0 Å². The number of nitrogen functional groups attached to an aromatic ring is 1.